The fourth-order valence-electron chi connectivity index (χ4n) is 5.97. The number of ether oxygens (including phenoxy) is 1. The van der Waals surface area contributed by atoms with E-state index in [-0.39, 0.29) is 35.0 Å². The zero-order valence-electron chi connectivity index (χ0n) is 29.3. The topological polar surface area (TPSA) is 135 Å². The summed E-state index contributed by atoms with van der Waals surface area (Å²) in [6.45, 7) is 1.45. The maximum absolute atomic E-state index is 13.6. The Kier molecular flexibility index (Phi) is 11.1. The molecule has 0 aliphatic heterocycles. The van der Waals surface area contributed by atoms with Crippen molar-refractivity contribution < 1.29 is 41.9 Å². The van der Waals surface area contributed by atoms with E-state index in [0.29, 0.717) is 29.3 Å². The molecule has 13 heteroatoms. The maximum atomic E-state index is 13.6. The second-order valence-electron chi connectivity index (χ2n) is 12.8. The molecule has 0 fully saturated rings. The summed E-state index contributed by atoms with van der Waals surface area (Å²) >= 11 is 0. The molecule has 1 aliphatic rings. The summed E-state index contributed by atoms with van der Waals surface area (Å²) in [5.41, 5.74) is 3.99. The Balaban J connectivity index is 1.07. The molecule has 2 N–H and O–H groups in total. The van der Waals surface area contributed by atoms with Gasteiger partial charge in [0.05, 0.1) is 25.0 Å². The molecule has 1 atom stereocenters. The molecule has 6 rings (SSSR count). The number of anilines is 1. The normalized spacial score (nSPS) is 13.9. The molecule has 54 heavy (non-hydrogen) atoms. The van der Waals surface area contributed by atoms with Gasteiger partial charge in [-0.05, 0) is 72.0 Å². The standard InChI is InChI=1S/C41H35F3N4O6/c1-25-3-7-27(8-4-25)28-11-13-30(14-12-28)39-46-38(47-54-39)29-9-5-26(6-10-29)23-48(24-37(50)51)40(52)31-15-18-33(19-16-31)45-36(49)21-32-17-20-34(53-2)22-35(32)41(42,43)44/h3-13,15-20,22,30H,14,21,23-24H2,1-2H3,(H,45,49)(H,50,51). The first-order valence-electron chi connectivity index (χ1n) is 16.9. The lowest BCUT2D eigenvalue weighted by Crippen LogP contribution is -2.35. The predicted octanol–water partition coefficient (Wildman–Crippen LogP) is 8.11. The summed E-state index contributed by atoms with van der Waals surface area (Å²) in [6, 6.07) is 24.4. The Morgan fingerprint density at radius 2 is 1.67 bits per heavy atom. The first-order chi connectivity index (χ1) is 25.9. The quantitative estimate of drug-likeness (QED) is 0.131. The molecule has 2 amide bonds. The van der Waals surface area contributed by atoms with E-state index in [1.807, 2.05) is 6.08 Å². The predicted molar refractivity (Wildman–Crippen MR) is 195 cm³/mol. The summed E-state index contributed by atoms with van der Waals surface area (Å²) in [6.07, 6.45) is 1.72. The van der Waals surface area contributed by atoms with Gasteiger partial charge in [-0.2, -0.15) is 18.2 Å². The Morgan fingerprint density at radius 1 is 0.963 bits per heavy atom. The number of aryl methyl sites for hydroxylation is 1. The number of methoxy groups -OCH3 is 1. The number of allylic oxidation sites excluding steroid dienone is 4. The van der Waals surface area contributed by atoms with E-state index in [9.17, 15) is 32.7 Å². The molecular formula is C41H35F3N4O6. The largest absolute Gasteiger partial charge is 0.497 e. The van der Waals surface area contributed by atoms with Crippen LogP contribution in [0.25, 0.3) is 17.0 Å². The smallest absolute Gasteiger partial charge is 0.416 e. The van der Waals surface area contributed by atoms with E-state index in [1.165, 1.54) is 49.1 Å². The maximum Gasteiger partial charge on any atom is 0.416 e. The van der Waals surface area contributed by atoms with Crippen LogP contribution in [0.5, 0.6) is 5.75 Å². The summed E-state index contributed by atoms with van der Waals surface area (Å²) in [7, 11) is 1.25. The van der Waals surface area contributed by atoms with Gasteiger partial charge >= 0.3 is 12.1 Å². The minimum absolute atomic E-state index is 0.0113. The van der Waals surface area contributed by atoms with Crippen molar-refractivity contribution in [3.63, 3.8) is 0 Å². The molecule has 0 radical (unpaired) electrons. The summed E-state index contributed by atoms with van der Waals surface area (Å²) in [5.74, 6) is -1.65. The number of nitrogens with zero attached hydrogens (tertiary/aromatic N) is 3. The molecule has 1 aromatic heterocycles. The molecule has 1 heterocycles. The molecule has 4 aromatic carbocycles. The second-order valence-corrected chi connectivity index (χ2v) is 12.8. The highest BCUT2D eigenvalue weighted by atomic mass is 19.4. The van der Waals surface area contributed by atoms with Crippen molar-refractivity contribution >= 4 is 29.0 Å². The van der Waals surface area contributed by atoms with Gasteiger partial charge in [-0.1, -0.05) is 83.5 Å². The van der Waals surface area contributed by atoms with E-state index in [1.54, 1.807) is 24.3 Å². The number of aromatic nitrogens is 2. The minimum atomic E-state index is -4.69. The number of halogens is 3. The van der Waals surface area contributed by atoms with Crippen molar-refractivity contribution in [1.29, 1.82) is 0 Å². The molecular weight excluding hydrogens is 701 g/mol. The molecule has 276 valence electrons. The third-order valence-corrected chi connectivity index (χ3v) is 8.83. The van der Waals surface area contributed by atoms with Crippen molar-refractivity contribution in [2.24, 2.45) is 0 Å². The van der Waals surface area contributed by atoms with Crippen molar-refractivity contribution in [2.75, 3.05) is 19.0 Å². The van der Waals surface area contributed by atoms with Crippen LogP contribution in [0, 0.1) is 6.92 Å². The number of alkyl halides is 3. The highest BCUT2D eigenvalue weighted by Gasteiger charge is 2.34. The van der Waals surface area contributed by atoms with Crippen LogP contribution in [0.2, 0.25) is 0 Å². The van der Waals surface area contributed by atoms with Gasteiger partial charge in [0.25, 0.3) is 5.91 Å². The third kappa shape index (κ3) is 9.10. The Hall–Kier alpha value is -6.50. The van der Waals surface area contributed by atoms with E-state index >= 15 is 0 Å². The lowest BCUT2D eigenvalue weighted by atomic mass is 9.92. The SMILES string of the molecule is COc1ccc(CC(=O)Nc2ccc(C(=O)N(CC(=O)O)Cc3ccc(-c4noc(C5C=CC(c6ccc(C)cc6)=CC5)n4)cc3)cc2)c(C(F)(F)F)c1. The summed E-state index contributed by atoms with van der Waals surface area (Å²) < 4.78 is 51.2. The van der Waals surface area contributed by atoms with Crippen molar-refractivity contribution in [3.05, 3.63) is 148 Å². The van der Waals surface area contributed by atoms with Crippen LogP contribution < -0.4 is 10.1 Å². The van der Waals surface area contributed by atoms with E-state index in [4.69, 9.17) is 9.26 Å². The molecule has 10 nitrogen and oxygen atoms in total. The fourth-order valence-corrected chi connectivity index (χ4v) is 5.97. The molecule has 0 saturated carbocycles. The van der Waals surface area contributed by atoms with E-state index in [2.05, 4.69) is 58.8 Å². The highest BCUT2D eigenvalue weighted by Crippen LogP contribution is 2.35. The van der Waals surface area contributed by atoms with Crippen molar-refractivity contribution in [3.8, 4) is 17.1 Å². The van der Waals surface area contributed by atoms with Crippen LogP contribution in [0.1, 0.15) is 56.4 Å². The van der Waals surface area contributed by atoms with Gasteiger partial charge in [0.1, 0.15) is 12.3 Å². The number of nitrogens with one attached hydrogen (secondary N) is 1. The van der Waals surface area contributed by atoms with Gasteiger partial charge in [-0.15, -0.1) is 0 Å². The average Bonchev–Trinajstić information content (AvgIpc) is 3.65. The Labute approximate surface area is 308 Å². The number of hydrogen-bond acceptors (Lipinski definition) is 7. The molecule has 1 aliphatic carbocycles. The molecule has 0 saturated heterocycles. The van der Waals surface area contributed by atoms with Crippen LogP contribution in [0.4, 0.5) is 18.9 Å². The zero-order valence-corrected chi connectivity index (χ0v) is 29.3. The van der Waals surface area contributed by atoms with Gasteiger partial charge in [0.15, 0.2) is 0 Å². The number of carbonyl (C=O) groups is 3. The number of carbonyl (C=O) groups excluding carboxylic acids is 2. The monoisotopic (exact) mass is 736 g/mol. The summed E-state index contributed by atoms with van der Waals surface area (Å²) in [5, 5.41) is 16.2. The fraction of sp³-hybridized carbons (Fsp3) is 0.195. The average molecular weight is 737 g/mol. The van der Waals surface area contributed by atoms with Gasteiger partial charge < -0.3 is 24.6 Å². The van der Waals surface area contributed by atoms with Crippen LogP contribution in [-0.2, 0) is 28.7 Å². The Bertz CT molecular complexity index is 2210. The number of rotatable bonds is 12. The van der Waals surface area contributed by atoms with Crippen LogP contribution in [0.3, 0.4) is 0 Å². The molecule has 1 unspecified atom stereocenters. The lowest BCUT2D eigenvalue weighted by Gasteiger charge is -2.21. The highest BCUT2D eigenvalue weighted by molar-refractivity contribution is 5.97. The number of hydrogen-bond donors (Lipinski definition) is 2. The van der Waals surface area contributed by atoms with E-state index < -0.39 is 42.5 Å². The van der Waals surface area contributed by atoms with Crippen LogP contribution >= 0.6 is 0 Å². The minimum Gasteiger partial charge on any atom is -0.497 e. The lowest BCUT2D eigenvalue weighted by molar-refractivity contribution is -0.139. The van der Waals surface area contributed by atoms with Gasteiger partial charge in [0.2, 0.25) is 17.6 Å². The summed E-state index contributed by atoms with van der Waals surface area (Å²) in [4.78, 5) is 43.5. The number of benzene rings is 4. The first-order valence-corrected chi connectivity index (χ1v) is 16.9. The van der Waals surface area contributed by atoms with Crippen LogP contribution in [0.15, 0.2) is 114 Å². The molecule has 0 bridgehead atoms. The third-order valence-electron chi connectivity index (χ3n) is 8.83. The van der Waals surface area contributed by atoms with Gasteiger partial charge in [-0.3, -0.25) is 14.4 Å². The molecule has 0 spiro atoms. The van der Waals surface area contributed by atoms with Crippen molar-refractivity contribution in [2.45, 2.75) is 38.4 Å². The number of aliphatic carboxylic acids is 1. The van der Waals surface area contributed by atoms with E-state index in [0.717, 1.165) is 22.1 Å². The van der Waals surface area contributed by atoms with Crippen molar-refractivity contribution in [1.82, 2.24) is 15.0 Å². The molecule has 5 aromatic rings. The van der Waals surface area contributed by atoms with Gasteiger partial charge in [0, 0.05) is 23.4 Å². The first kappa shape index (κ1) is 37.3. The zero-order chi connectivity index (χ0) is 38.4. The van der Waals surface area contributed by atoms with Crippen LogP contribution in [-0.4, -0.2) is 51.6 Å². The Morgan fingerprint density at radius 3 is 2.30 bits per heavy atom. The number of carboxylic acid groups (broad SMARTS) is 1. The number of amides is 2. The van der Waals surface area contributed by atoms with Gasteiger partial charge in [-0.25, -0.2) is 0 Å². The number of carboxylic acids is 1. The second kappa shape index (κ2) is 16.0.